The predicted molar refractivity (Wildman–Crippen MR) is 70.1 cm³/mol. The highest BCUT2D eigenvalue weighted by Crippen LogP contribution is 2.19. The summed E-state index contributed by atoms with van der Waals surface area (Å²) in [6.45, 7) is 0.961. The topological polar surface area (TPSA) is 43.8 Å². The van der Waals surface area contributed by atoms with E-state index >= 15 is 0 Å². The molecule has 0 saturated heterocycles. The molecule has 0 aliphatic rings. The number of benzene rings is 1. The van der Waals surface area contributed by atoms with Crippen LogP contribution in [0.25, 0.3) is 0 Å². The molecule has 2 rings (SSSR count). The lowest BCUT2D eigenvalue weighted by Crippen LogP contribution is -2.04. The van der Waals surface area contributed by atoms with E-state index in [1.807, 2.05) is 0 Å². The first kappa shape index (κ1) is 13.1. The highest BCUT2D eigenvalue weighted by molar-refractivity contribution is 6.30. The fourth-order valence-electron chi connectivity index (χ4n) is 1.77. The van der Waals surface area contributed by atoms with Gasteiger partial charge >= 0.3 is 0 Å². The molecule has 5 heteroatoms. The molecular weight excluding hydrogens is 253 g/mol. The van der Waals surface area contributed by atoms with E-state index in [0.29, 0.717) is 23.8 Å². The molecule has 0 aliphatic carbocycles. The Morgan fingerprint density at radius 2 is 2.06 bits per heavy atom. The molecule has 1 aromatic carbocycles. The smallest absolute Gasteiger partial charge is 0.130 e. The van der Waals surface area contributed by atoms with Gasteiger partial charge in [-0.25, -0.2) is 9.07 Å². The molecular formula is C13H15ClFN3. The first-order valence-electron chi connectivity index (χ1n) is 5.86. The van der Waals surface area contributed by atoms with Crippen LogP contribution in [0.15, 0.2) is 30.5 Å². The summed E-state index contributed by atoms with van der Waals surface area (Å²) < 4.78 is 15.1. The molecule has 0 fully saturated rings. The van der Waals surface area contributed by atoms with E-state index in [1.165, 1.54) is 6.07 Å². The van der Waals surface area contributed by atoms with Gasteiger partial charge in [-0.05, 0) is 25.5 Å². The molecule has 0 spiro atoms. The second-order valence-electron chi connectivity index (χ2n) is 4.10. The molecule has 1 aromatic heterocycles. The number of aryl methyl sites for hydroxylation is 1. The van der Waals surface area contributed by atoms with Gasteiger partial charge in [0.1, 0.15) is 11.0 Å². The minimum absolute atomic E-state index is 0.243. The summed E-state index contributed by atoms with van der Waals surface area (Å²) in [4.78, 5) is 0. The van der Waals surface area contributed by atoms with E-state index in [-0.39, 0.29) is 5.82 Å². The molecule has 3 nitrogen and oxygen atoms in total. The minimum atomic E-state index is -0.243. The average molecular weight is 268 g/mol. The van der Waals surface area contributed by atoms with Crippen LogP contribution in [-0.4, -0.2) is 16.3 Å². The van der Waals surface area contributed by atoms with Crippen molar-refractivity contribution >= 4 is 11.6 Å². The Morgan fingerprint density at radius 3 is 2.78 bits per heavy atom. The molecule has 0 atom stereocenters. The van der Waals surface area contributed by atoms with Crippen LogP contribution in [0, 0.1) is 5.82 Å². The molecule has 18 heavy (non-hydrogen) atoms. The largest absolute Gasteiger partial charge is 0.330 e. The summed E-state index contributed by atoms with van der Waals surface area (Å²) in [5.41, 5.74) is 6.99. The molecule has 0 saturated carbocycles. The van der Waals surface area contributed by atoms with Gasteiger partial charge in [0.2, 0.25) is 0 Å². The number of aromatic nitrogens is 2. The van der Waals surface area contributed by atoms with Crippen molar-refractivity contribution in [2.45, 2.75) is 19.4 Å². The lowest BCUT2D eigenvalue weighted by atomic mass is 10.2. The maximum atomic E-state index is 13.5. The number of nitrogens with two attached hydrogens (primary N) is 1. The van der Waals surface area contributed by atoms with Gasteiger partial charge in [0, 0.05) is 11.1 Å². The van der Waals surface area contributed by atoms with Crippen LogP contribution in [-0.2, 0) is 13.0 Å². The summed E-state index contributed by atoms with van der Waals surface area (Å²) in [6.07, 6.45) is 3.39. The van der Waals surface area contributed by atoms with E-state index in [1.54, 1.807) is 29.1 Å². The van der Waals surface area contributed by atoms with Gasteiger partial charge in [-0.15, -0.1) is 0 Å². The third kappa shape index (κ3) is 2.89. The summed E-state index contributed by atoms with van der Waals surface area (Å²) in [6, 6.07) is 6.62. The molecule has 1 heterocycles. The maximum Gasteiger partial charge on any atom is 0.130 e. The minimum Gasteiger partial charge on any atom is -0.330 e. The first-order valence-corrected chi connectivity index (χ1v) is 6.24. The summed E-state index contributed by atoms with van der Waals surface area (Å²) in [5, 5.41) is 4.74. The van der Waals surface area contributed by atoms with Crippen molar-refractivity contribution in [3.05, 3.63) is 52.6 Å². The Labute approximate surface area is 110 Å². The van der Waals surface area contributed by atoms with E-state index in [2.05, 4.69) is 5.10 Å². The zero-order valence-electron chi connectivity index (χ0n) is 9.94. The van der Waals surface area contributed by atoms with E-state index in [4.69, 9.17) is 17.3 Å². The van der Waals surface area contributed by atoms with Gasteiger partial charge in [-0.3, -0.25) is 0 Å². The van der Waals surface area contributed by atoms with Gasteiger partial charge in [0.05, 0.1) is 12.7 Å². The van der Waals surface area contributed by atoms with Crippen LogP contribution in [0.5, 0.6) is 0 Å². The highest BCUT2D eigenvalue weighted by Gasteiger charge is 2.10. The average Bonchev–Trinajstić information content (AvgIpc) is 2.71. The number of hydrogen-bond donors (Lipinski definition) is 1. The van der Waals surface area contributed by atoms with Crippen molar-refractivity contribution < 1.29 is 4.39 Å². The Morgan fingerprint density at radius 1 is 1.28 bits per heavy atom. The van der Waals surface area contributed by atoms with E-state index < -0.39 is 0 Å². The van der Waals surface area contributed by atoms with Crippen LogP contribution < -0.4 is 5.73 Å². The van der Waals surface area contributed by atoms with Gasteiger partial charge < -0.3 is 5.73 Å². The number of rotatable bonds is 5. The van der Waals surface area contributed by atoms with Crippen LogP contribution in [0.1, 0.15) is 17.5 Å². The highest BCUT2D eigenvalue weighted by atomic mass is 35.5. The number of nitrogens with zero attached hydrogens (tertiary/aromatic N) is 2. The lowest BCUT2D eigenvalue weighted by molar-refractivity contribution is 0.585. The van der Waals surface area contributed by atoms with Crippen molar-refractivity contribution in [1.29, 1.82) is 0 Å². The second-order valence-corrected chi connectivity index (χ2v) is 4.46. The first-order chi connectivity index (χ1) is 8.72. The SMILES string of the molecule is NCCCc1cnn(Cc2ccccc2F)c1Cl. The van der Waals surface area contributed by atoms with Crippen molar-refractivity contribution in [2.24, 2.45) is 5.73 Å². The zero-order valence-corrected chi connectivity index (χ0v) is 10.7. The Hall–Kier alpha value is -1.39. The van der Waals surface area contributed by atoms with E-state index in [9.17, 15) is 4.39 Å². The summed E-state index contributed by atoms with van der Waals surface area (Å²) in [5.74, 6) is -0.243. The number of hydrogen-bond acceptors (Lipinski definition) is 2. The van der Waals surface area contributed by atoms with E-state index in [0.717, 1.165) is 18.4 Å². The lowest BCUT2D eigenvalue weighted by Gasteiger charge is -2.05. The van der Waals surface area contributed by atoms with Crippen molar-refractivity contribution in [2.75, 3.05) is 6.54 Å². The fourth-order valence-corrected chi connectivity index (χ4v) is 2.01. The summed E-state index contributed by atoms with van der Waals surface area (Å²) in [7, 11) is 0. The molecule has 0 radical (unpaired) electrons. The zero-order chi connectivity index (χ0) is 13.0. The van der Waals surface area contributed by atoms with Crippen LogP contribution in [0.3, 0.4) is 0 Å². The van der Waals surface area contributed by atoms with Gasteiger partial charge in [0.25, 0.3) is 0 Å². The van der Waals surface area contributed by atoms with Gasteiger partial charge in [-0.1, -0.05) is 29.8 Å². The predicted octanol–water partition coefficient (Wildman–Crippen LogP) is 2.62. The Balaban J connectivity index is 2.15. The fraction of sp³-hybridized carbons (Fsp3) is 0.308. The van der Waals surface area contributed by atoms with Gasteiger partial charge in [0.15, 0.2) is 0 Å². The maximum absolute atomic E-state index is 13.5. The Kier molecular flexibility index (Phi) is 4.33. The normalized spacial score (nSPS) is 10.8. The molecule has 96 valence electrons. The monoisotopic (exact) mass is 267 g/mol. The third-order valence-electron chi connectivity index (χ3n) is 2.77. The van der Waals surface area contributed by atoms with Crippen molar-refractivity contribution in [3.63, 3.8) is 0 Å². The molecule has 2 N–H and O–H groups in total. The molecule has 2 aromatic rings. The third-order valence-corrected chi connectivity index (χ3v) is 3.21. The molecule has 0 unspecified atom stereocenters. The summed E-state index contributed by atoms with van der Waals surface area (Å²) >= 11 is 6.20. The quantitative estimate of drug-likeness (QED) is 0.905. The standard InChI is InChI=1S/C13H15ClFN3/c14-13-10(5-3-7-16)8-17-18(13)9-11-4-1-2-6-12(11)15/h1-2,4,6,8H,3,5,7,9,16H2. The van der Waals surface area contributed by atoms with Crippen LogP contribution in [0.4, 0.5) is 4.39 Å². The molecule has 0 bridgehead atoms. The van der Waals surface area contributed by atoms with Crippen molar-refractivity contribution in [3.8, 4) is 0 Å². The molecule has 0 amide bonds. The van der Waals surface area contributed by atoms with Crippen molar-refractivity contribution in [1.82, 2.24) is 9.78 Å². The Bertz CT molecular complexity index is 525. The molecule has 0 aliphatic heterocycles. The second kappa shape index (κ2) is 5.98. The number of halogens is 2. The van der Waals surface area contributed by atoms with Gasteiger partial charge in [-0.2, -0.15) is 5.10 Å². The van der Waals surface area contributed by atoms with Crippen LogP contribution >= 0.6 is 11.6 Å². The van der Waals surface area contributed by atoms with Crippen LogP contribution in [0.2, 0.25) is 5.15 Å².